The van der Waals surface area contributed by atoms with Gasteiger partial charge in [0.2, 0.25) is 10.0 Å². The van der Waals surface area contributed by atoms with Gasteiger partial charge in [0, 0.05) is 25.0 Å². The SMILES string of the molecule is CN(C1CCSC1)S(=O)(=O)c1cnn(CCO)c1. The Morgan fingerprint density at radius 2 is 2.44 bits per heavy atom. The topological polar surface area (TPSA) is 75.4 Å². The molecule has 0 spiro atoms. The molecule has 102 valence electrons. The van der Waals surface area contributed by atoms with Gasteiger partial charge in [-0.2, -0.15) is 21.2 Å². The van der Waals surface area contributed by atoms with Gasteiger partial charge < -0.3 is 5.11 Å². The number of sulfonamides is 1. The van der Waals surface area contributed by atoms with Gasteiger partial charge in [-0.3, -0.25) is 4.68 Å². The summed E-state index contributed by atoms with van der Waals surface area (Å²) in [5.41, 5.74) is 0. The lowest BCUT2D eigenvalue weighted by atomic mass is 10.3. The Bertz CT molecular complexity index is 494. The molecule has 18 heavy (non-hydrogen) atoms. The number of aliphatic hydroxyl groups excluding tert-OH is 1. The van der Waals surface area contributed by atoms with Crippen LogP contribution < -0.4 is 0 Å². The fourth-order valence-electron chi connectivity index (χ4n) is 1.87. The minimum atomic E-state index is -3.46. The molecule has 8 heteroatoms. The van der Waals surface area contributed by atoms with E-state index in [1.165, 1.54) is 21.4 Å². The van der Waals surface area contributed by atoms with Crippen molar-refractivity contribution in [2.75, 3.05) is 25.2 Å². The largest absolute Gasteiger partial charge is 0.394 e. The van der Waals surface area contributed by atoms with E-state index >= 15 is 0 Å². The Hall–Kier alpha value is -0.570. The van der Waals surface area contributed by atoms with Crippen LogP contribution in [0.15, 0.2) is 17.3 Å². The van der Waals surface area contributed by atoms with Crippen LogP contribution in [0.2, 0.25) is 0 Å². The first kappa shape index (κ1) is 13.9. The van der Waals surface area contributed by atoms with Gasteiger partial charge in [-0.15, -0.1) is 0 Å². The molecule has 0 bridgehead atoms. The molecule has 1 aliphatic rings. The Balaban J connectivity index is 2.18. The second-order valence-electron chi connectivity index (χ2n) is 4.20. The zero-order valence-electron chi connectivity index (χ0n) is 10.2. The standard InChI is InChI=1S/C10H17N3O3S2/c1-12(9-2-5-17-8-9)18(15,16)10-6-11-13(7-10)3-4-14/h6-7,9,14H,2-5,8H2,1H3. The first-order valence-electron chi connectivity index (χ1n) is 5.75. The number of nitrogens with zero attached hydrogens (tertiary/aromatic N) is 3. The molecule has 1 atom stereocenters. The molecule has 1 saturated heterocycles. The normalized spacial score (nSPS) is 20.7. The minimum absolute atomic E-state index is 0.0593. The minimum Gasteiger partial charge on any atom is -0.394 e. The van der Waals surface area contributed by atoms with Gasteiger partial charge in [0.25, 0.3) is 0 Å². The van der Waals surface area contributed by atoms with E-state index in [2.05, 4.69) is 5.10 Å². The third kappa shape index (κ3) is 2.71. The van der Waals surface area contributed by atoms with E-state index in [0.29, 0.717) is 6.54 Å². The smallest absolute Gasteiger partial charge is 0.246 e. The molecule has 2 rings (SSSR count). The molecular weight excluding hydrogens is 274 g/mol. The van der Waals surface area contributed by atoms with Crippen LogP contribution in [-0.2, 0) is 16.6 Å². The number of hydrogen-bond donors (Lipinski definition) is 1. The molecule has 6 nitrogen and oxygen atoms in total. The Morgan fingerprint density at radius 3 is 3.06 bits per heavy atom. The maximum absolute atomic E-state index is 12.3. The van der Waals surface area contributed by atoms with Gasteiger partial charge in [0.15, 0.2) is 0 Å². The van der Waals surface area contributed by atoms with Crippen molar-refractivity contribution in [2.24, 2.45) is 0 Å². The lowest BCUT2D eigenvalue weighted by Gasteiger charge is -2.22. The summed E-state index contributed by atoms with van der Waals surface area (Å²) >= 11 is 1.78. The maximum Gasteiger partial charge on any atom is 0.246 e. The summed E-state index contributed by atoms with van der Waals surface area (Å²) in [4.78, 5) is 0.190. The summed E-state index contributed by atoms with van der Waals surface area (Å²) in [6.07, 6.45) is 3.69. The van der Waals surface area contributed by atoms with E-state index in [4.69, 9.17) is 5.11 Å². The lowest BCUT2D eigenvalue weighted by Crippen LogP contribution is -2.36. The second-order valence-corrected chi connectivity index (χ2v) is 7.35. The van der Waals surface area contributed by atoms with Crippen LogP contribution in [0.25, 0.3) is 0 Å². The van der Waals surface area contributed by atoms with Gasteiger partial charge in [0.1, 0.15) is 4.90 Å². The lowest BCUT2D eigenvalue weighted by molar-refractivity contribution is 0.269. The van der Waals surface area contributed by atoms with Crippen LogP contribution in [0.3, 0.4) is 0 Å². The van der Waals surface area contributed by atoms with E-state index in [-0.39, 0.29) is 17.5 Å². The molecule has 1 aliphatic heterocycles. The highest BCUT2D eigenvalue weighted by Gasteiger charge is 2.31. The van der Waals surface area contributed by atoms with Crippen molar-refractivity contribution in [3.63, 3.8) is 0 Å². The van der Waals surface area contributed by atoms with E-state index in [1.807, 2.05) is 0 Å². The molecule has 1 aromatic heterocycles. The van der Waals surface area contributed by atoms with Crippen molar-refractivity contribution in [1.82, 2.24) is 14.1 Å². The average molecular weight is 291 g/mol. The molecule has 0 aliphatic carbocycles. The number of aliphatic hydroxyl groups is 1. The van der Waals surface area contributed by atoms with Crippen LogP contribution in [0.5, 0.6) is 0 Å². The molecule has 1 aromatic rings. The third-order valence-electron chi connectivity index (χ3n) is 3.04. The molecular formula is C10H17N3O3S2. The predicted molar refractivity (Wildman–Crippen MR) is 70.0 cm³/mol. The van der Waals surface area contributed by atoms with Crippen LogP contribution in [0, 0.1) is 0 Å². The van der Waals surface area contributed by atoms with Crippen LogP contribution >= 0.6 is 11.8 Å². The maximum atomic E-state index is 12.3. The zero-order chi connectivity index (χ0) is 13.2. The van der Waals surface area contributed by atoms with Gasteiger partial charge >= 0.3 is 0 Å². The highest BCUT2D eigenvalue weighted by molar-refractivity contribution is 7.99. The highest BCUT2D eigenvalue weighted by Crippen LogP contribution is 2.25. The monoisotopic (exact) mass is 291 g/mol. The highest BCUT2D eigenvalue weighted by atomic mass is 32.2. The third-order valence-corrected chi connectivity index (χ3v) is 6.04. The number of thioether (sulfide) groups is 1. The second kappa shape index (κ2) is 5.60. The summed E-state index contributed by atoms with van der Waals surface area (Å²) in [6.45, 7) is 0.245. The number of hydrogen-bond acceptors (Lipinski definition) is 5. The molecule has 2 heterocycles. The van der Waals surface area contributed by atoms with E-state index in [9.17, 15) is 8.42 Å². The van der Waals surface area contributed by atoms with Crippen LogP contribution in [0.1, 0.15) is 6.42 Å². The van der Waals surface area contributed by atoms with E-state index in [1.54, 1.807) is 18.8 Å². The fraction of sp³-hybridized carbons (Fsp3) is 0.700. The van der Waals surface area contributed by atoms with E-state index < -0.39 is 10.0 Å². The Labute approximate surface area is 111 Å². The van der Waals surface area contributed by atoms with Crippen molar-refractivity contribution in [3.05, 3.63) is 12.4 Å². The molecule has 0 saturated carbocycles. The summed E-state index contributed by atoms with van der Waals surface area (Å²) in [5, 5.41) is 12.7. The number of rotatable bonds is 5. The van der Waals surface area contributed by atoms with Crippen molar-refractivity contribution >= 4 is 21.8 Å². The fourth-order valence-corrected chi connectivity index (χ4v) is 4.58. The number of aromatic nitrogens is 2. The molecule has 0 radical (unpaired) electrons. The summed E-state index contributed by atoms with van der Waals surface area (Å²) in [5.74, 6) is 1.86. The molecule has 0 amide bonds. The van der Waals surface area contributed by atoms with Crippen molar-refractivity contribution in [1.29, 1.82) is 0 Å². The molecule has 1 unspecified atom stereocenters. The quantitative estimate of drug-likeness (QED) is 0.826. The van der Waals surface area contributed by atoms with Gasteiger partial charge in [-0.1, -0.05) is 0 Å². The predicted octanol–water partition coefficient (Wildman–Crippen LogP) is 0.00140. The van der Waals surface area contributed by atoms with Gasteiger partial charge in [-0.05, 0) is 12.2 Å². The first-order valence-corrected chi connectivity index (χ1v) is 8.34. The first-order chi connectivity index (χ1) is 8.55. The molecule has 1 fully saturated rings. The van der Waals surface area contributed by atoms with Crippen LogP contribution in [-0.4, -0.2) is 58.8 Å². The van der Waals surface area contributed by atoms with Crippen LogP contribution in [0.4, 0.5) is 0 Å². The van der Waals surface area contributed by atoms with Gasteiger partial charge in [-0.25, -0.2) is 8.42 Å². The zero-order valence-corrected chi connectivity index (χ0v) is 11.8. The van der Waals surface area contributed by atoms with Crippen molar-refractivity contribution < 1.29 is 13.5 Å². The molecule has 0 aromatic carbocycles. The Morgan fingerprint density at radius 1 is 1.67 bits per heavy atom. The van der Waals surface area contributed by atoms with Gasteiger partial charge in [0.05, 0.1) is 19.3 Å². The van der Waals surface area contributed by atoms with Crippen molar-refractivity contribution in [2.45, 2.75) is 23.9 Å². The summed E-state index contributed by atoms with van der Waals surface area (Å²) < 4.78 is 27.5. The molecule has 1 N–H and O–H groups in total. The van der Waals surface area contributed by atoms with E-state index in [0.717, 1.165) is 17.9 Å². The summed E-state index contributed by atoms with van der Waals surface area (Å²) in [6, 6.07) is 0.0705. The van der Waals surface area contributed by atoms with Crippen molar-refractivity contribution in [3.8, 4) is 0 Å². The summed E-state index contributed by atoms with van der Waals surface area (Å²) in [7, 11) is -1.84. The Kier molecular flexibility index (Phi) is 4.31. The average Bonchev–Trinajstić information content (AvgIpc) is 2.99.